The molecule has 3 heteroatoms. The second kappa shape index (κ2) is 2.19. The number of fused-ring (bicyclic) bond motifs is 1. The molecule has 0 aromatic heterocycles. The Morgan fingerprint density at radius 2 is 2.00 bits per heavy atom. The van der Waals surface area contributed by atoms with Gasteiger partial charge in [0.05, 0.1) is 0 Å². The van der Waals surface area contributed by atoms with Crippen molar-refractivity contribution in [2.24, 2.45) is 5.92 Å². The second-order valence-corrected chi connectivity index (χ2v) is 3.05. The Bertz CT molecular complexity index is 244. The summed E-state index contributed by atoms with van der Waals surface area (Å²) in [5.74, 6) is -0.165. The van der Waals surface area contributed by atoms with Gasteiger partial charge in [0.15, 0.2) is 11.6 Å². The highest BCUT2D eigenvalue weighted by molar-refractivity contribution is 6.38. The summed E-state index contributed by atoms with van der Waals surface area (Å²) in [4.78, 5) is 21.8. The standard InChI is InChI=1S/C8H9NO2/c10-7-3-5-1-2-9-6(5)4-8(7)11/h1-2,5-6,9H,3-4H2. The first kappa shape index (κ1) is 6.58. The Balaban J connectivity index is 2.16. The van der Waals surface area contributed by atoms with Crippen LogP contribution < -0.4 is 5.32 Å². The molecule has 1 N–H and O–H groups in total. The van der Waals surface area contributed by atoms with E-state index in [4.69, 9.17) is 0 Å². The van der Waals surface area contributed by atoms with Crippen molar-refractivity contribution in [2.75, 3.05) is 0 Å². The van der Waals surface area contributed by atoms with Crippen LogP contribution in [0.3, 0.4) is 0 Å². The predicted octanol–water partition coefficient (Wildman–Crippen LogP) is 0.0201. The molecule has 1 aliphatic heterocycles. The molecule has 0 spiro atoms. The Labute approximate surface area is 64.5 Å². The molecule has 1 fully saturated rings. The van der Waals surface area contributed by atoms with Crippen LogP contribution in [0.15, 0.2) is 12.3 Å². The molecule has 0 aromatic rings. The van der Waals surface area contributed by atoms with E-state index >= 15 is 0 Å². The van der Waals surface area contributed by atoms with E-state index in [0.29, 0.717) is 12.8 Å². The summed E-state index contributed by atoms with van der Waals surface area (Å²) in [6, 6.07) is 0.195. The zero-order valence-electron chi connectivity index (χ0n) is 6.04. The highest BCUT2D eigenvalue weighted by Gasteiger charge is 2.34. The van der Waals surface area contributed by atoms with Gasteiger partial charge >= 0.3 is 0 Å². The van der Waals surface area contributed by atoms with Crippen LogP contribution in [0.25, 0.3) is 0 Å². The Morgan fingerprint density at radius 1 is 1.27 bits per heavy atom. The Kier molecular flexibility index (Phi) is 1.31. The fraction of sp³-hybridized carbons (Fsp3) is 0.500. The third kappa shape index (κ3) is 0.964. The molecule has 0 aromatic carbocycles. The smallest absolute Gasteiger partial charge is 0.200 e. The second-order valence-electron chi connectivity index (χ2n) is 3.05. The van der Waals surface area contributed by atoms with Crippen LogP contribution in [-0.4, -0.2) is 17.6 Å². The molecular weight excluding hydrogens is 142 g/mol. The molecule has 1 saturated carbocycles. The van der Waals surface area contributed by atoms with Gasteiger partial charge in [-0.1, -0.05) is 6.08 Å². The lowest BCUT2D eigenvalue weighted by Crippen LogP contribution is -2.38. The lowest BCUT2D eigenvalue weighted by atomic mass is 9.85. The fourth-order valence-corrected chi connectivity index (χ4v) is 1.62. The van der Waals surface area contributed by atoms with Gasteiger partial charge in [0.25, 0.3) is 0 Å². The van der Waals surface area contributed by atoms with Crippen LogP contribution in [0.1, 0.15) is 12.8 Å². The summed E-state index contributed by atoms with van der Waals surface area (Å²) < 4.78 is 0. The number of carbonyl (C=O) groups excluding carboxylic acids is 2. The monoisotopic (exact) mass is 151 g/mol. The van der Waals surface area contributed by atoms with E-state index in [1.165, 1.54) is 0 Å². The van der Waals surface area contributed by atoms with Gasteiger partial charge in [-0.05, 0) is 6.20 Å². The molecule has 0 amide bonds. The summed E-state index contributed by atoms with van der Waals surface area (Å²) in [5, 5.41) is 3.06. The van der Waals surface area contributed by atoms with Crippen molar-refractivity contribution in [3.8, 4) is 0 Å². The van der Waals surface area contributed by atoms with Gasteiger partial charge in [0.2, 0.25) is 0 Å². The van der Waals surface area contributed by atoms with Crippen molar-refractivity contribution in [1.82, 2.24) is 5.32 Å². The fourth-order valence-electron chi connectivity index (χ4n) is 1.62. The first-order valence-corrected chi connectivity index (χ1v) is 3.76. The molecule has 2 rings (SSSR count). The van der Waals surface area contributed by atoms with Gasteiger partial charge in [-0.15, -0.1) is 0 Å². The van der Waals surface area contributed by atoms with E-state index in [1.54, 1.807) is 0 Å². The van der Waals surface area contributed by atoms with Crippen molar-refractivity contribution < 1.29 is 9.59 Å². The predicted molar refractivity (Wildman–Crippen MR) is 38.8 cm³/mol. The molecule has 1 heterocycles. The van der Waals surface area contributed by atoms with E-state index in [-0.39, 0.29) is 23.5 Å². The van der Waals surface area contributed by atoms with Crippen molar-refractivity contribution in [3.05, 3.63) is 12.3 Å². The van der Waals surface area contributed by atoms with E-state index in [1.807, 2.05) is 12.3 Å². The zero-order chi connectivity index (χ0) is 7.84. The third-order valence-corrected chi connectivity index (χ3v) is 2.31. The molecule has 1 aliphatic carbocycles. The van der Waals surface area contributed by atoms with Crippen molar-refractivity contribution >= 4 is 11.6 Å². The third-order valence-electron chi connectivity index (χ3n) is 2.31. The van der Waals surface area contributed by atoms with Gasteiger partial charge in [-0.3, -0.25) is 9.59 Å². The van der Waals surface area contributed by atoms with Crippen molar-refractivity contribution in [3.63, 3.8) is 0 Å². The molecule has 58 valence electrons. The quantitative estimate of drug-likeness (QED) is 0.496. The maximum absolute atomic E-state index is 10.9. The minimum Gasteiger partial charge on any atom is -0.387 e. The molecule has 0 saturated heterocycles. The average Bonchev–Trinajstić information content (AvgIpc) is 2.36. The van der Waals surface area contributed by atoms with Crippen molar-refractivity contribution in [2.45, 2.75) is 18.9 Å². The number of carbonyl (C=O) groups is 2. The van der Waals surface area contributed by atoms with Crippen LogP contribution in [-0.2, 0) is 9.59 Å². The normalized spacial score (nSPS) is 35.3. The maximum Gasteiger partial charge on any atom is 0.200 e. The Hall–Kier alpha value is -1.12. The lowest BCUT2D eigenvalue weighted by Gasteiger charge is -2.22. The summed E-state index contributed by atoms with van der Waals surface area (Å²) >= 11 is 0. The molecule has 0 bridgehead atoms. The molecular formula is C8H9NO2. The maximum atomic E-state index is 10.9. The van der Waals surface area contributed by atoms with E-state index in [2.05, 4.69) is 5.32 Å². The number of hydrogen-bond acceptors (Lipinski definition) is 3. The molecule has 11 heavy (non-hydrogen) atoms. The first-order chi connectivity index (χ1) is 5.27. The topological polar surface area (TPSA) is 46.2 Å². The number of Topliss-reactive ketones (excluding diaryl/α,β-unsaturated/α-hetero) is 2. The summed E-state index contributed by atoms with van der Waals surface area (Å²) in [6.07, 6.45) is 4.57. The van der Waals surface area contributed by atoms with Crippen LogP contribution in [0.5, 0.6) is 0 Å². The number of nitrogens with one attached hydrogen (secondary N) is 1. The van der Waals surface area contributed by atoms with Crippen LogP contribution in [0.2, 0.25) is 0 Å². The molecule has 2 unspecified atom stereocenters. The number of ketones is 2. The van der Waals surface area contributed by atoms with Crippen LogP contribution >= 0.6 is 0 Å². The number of rotatable bonds is 0. The van der Waals surface area contributed by atoms with Gasteiger partial charge < -0.3 is 5.32 Å². The van der Waals surface area contributed by atoms with E-state index in [9.17, 15) is 9.59 Å². The van der Waals surface area contributed by atoms with Gasteiger partial charge in [0, 0.05) is 24.8 Å². The zero-order valence-corrected chi connectivity index (χ0v) is 6.04. The molecule has 0 radical (unpaired) electrons. The lowest BCUT2D eigenvalue weighted by molar-refractivity contribution is -0.139. The van der Waals surface area contributed by atoms with Gasteiger partial charge in [0.1, 0.15) is 0 Å². The summed E-state index contributed by atoms with van der Waals surface area (Å²) in [7, 11) is 0. The number of hydrogen-bond donors (Lipinski definition) is 1. The molecule has 2 aliphatic rings. The van der Waals surface area contributed by atoms with E-state index in [0.717, 1.165) is 0 Å². The summed E-state index contributed by atoms with van der Waals surface area (Å²) in [6.45, 7) is 0. The van der Waals surface area contributed by atoms with Crippen LogP contribution in [0.4, 0.5) is 0 Å². The Morgan fingerprint density at radius 3 is 2.82 bits per heavy atom. The highest BCUT2D eigenvalue weighted by atomic mass is 16.2. The average molecular weight is 151 g/mol. The SMILES string of the molecule is O=C1CC2C=CNC2CC1=O. The molecule has 2 atom stereocenters. The van der Waals surface area contributed by atoms with E-state index < -0.39 is 0 Å². The minimum atomic E-state index is -0.220. The largest absolute Gasteiger partial charge is 0.387 e. The van der Waals surface area contributed by atoms with Gasteiger partial charge in [-0.2, -0.15) is 0 Å². The molecule has 3 nitrogen and oxygen atoms in total. The van der Waals surface area contributed by atoms with Gasteiger partial charge in [-0.25, -0.2) is 0 Å². The summed E-state index contributed by atoms with van der Waals surface area (Å²) in [5.41, 5.74) is 0. The minimum absolute atomic E-state index is 0.195. The van der Waals surface area contributed by atoms with Crippen LogP contribution in [0, 0.1) is 5.92 Å². The first-order valence-electron chi connectivity index (χ1n) is 3.76. The van der Waals surface area contributed by atoms with Crippen molar-refractivity contribution in [1.29, 1.82) is 0 Å². The highest BCUT2D eigenvalue weighted by Crippen LogP contribution is 2.24.